The first kappa shape index (κ1) is 14.4. The molecule has 0 amide bonds. The topological polar surface area (TPSA) is 56.0 Å². The molecule has 2 aromatic carbocycles. The number of anilines is 1. The maximum atomic E-state index is 9.13. The van der Waals surface area contributed by atoms with E-state index in [0.717, 1.165) is 48.7 Å². The summed E-state index contributed by atoms with van der Waals surface area (Å²) in [5.74, 6) is 0. The molecular formula is C17H20N2O. The minimum Gasteiger partial charge on any atom is -0.396 e. The van der Waals surface area contributed by atoms with Gasteiger partial charge in [-0.15, -0.1) is 0 Å². The Morgan fingerprint density at radius 3 is 2.45 bits per heavy atom. The van der Waals surface area contributed by atoms with Crippen LogP contribution in [0.3, 0.4) is 0 Å². The Hall–Kier alpha value is -2.05. The number of fused-ring (bicyclic) bond motifs is 1. The number of nitrogens with one attached hydrogen (secondary N) is 1. The molecule has 0 spiro atoms. The van der Waals surface area contributed by atoms with Crippen LogP contribution in [-0.2, 0) is 0 Å². The zero-order valence-electron chi connectivity index (χ0n) is 11.6. The maximum absolute atomic E-state index is 9.13. The molecule has 3 nitrogen and oxygen atoms in total. The van der Waals surface area contributed by atoms with Crippen molar-refractivity contribution in [3.8, 4) is 6.07 Å². The molecule has 0 aliphatic heterocycles. The van der Waals surface area contributed by atoms with Gasteiger partial charge in [0.1, 0.15) is 0 Å². The Balaban J connectivity index is 2.02. The van der Waals surface area contributed by atoms with Crippen molar-refractivity contribution in [2.24, 2.45) is 0 Å². The predicted octanol–water partition coefficient (Wildman–Crippen LogP) is 3.68. The molecule has 0 aliphatic rings. The van der Waals surface area contributed by atoms with Gasteiger partial charge in [-0.25, -0.2) is 0 Å². The summed E-state index contributed by atoms with van der Waals surface area (Å²) in [6.45, 7) is 1.20. The lowest BCUT2D eigenvalue weighted by Gasteiger charge is -2.10. The van der Waals surface area contributed by atoms with E-state index in [-0.39, 0.29) is 6.61 Å². The van der Waals surface area contributed by atoms with Crippen LogP contribution in [0.1, 0.15) is 31.2 Å². The summed E-state index contributed by atoms with van der Waals surface area (Å²) in [5, 5.41) is 23.4. The molecule has 2 aromatic rings. The van der Waals surface area contributed by atoms with Crippen molar-refractivity contribution in [2.75, 3.05) is 18.5 Å². The number of aliphatic hydroxyl groups excluding tert-OH is 1. The number of benzene rings is 2. The monoisotopic (exact) mass is 268 g/mol. The maximum Gasteiger partial charge on any atom is 0.0998 e. The van der Waals surface area contributed by atoms with Gasteiger partial charge in [-0.1, -0.05) is 37.1 Å². The number of hydrogen-bond acceptors (Lipinski definition) is 3. The molecule has 0 saturated heterocycles. The first-order chi connectivity index (χ1) is 9.86. The minimum atomic E-state index is 0.285. The summed E-state index contributed by atoms with van der Waals surface area (Å²) in [5.41, 5.74) is 1.80. The van der Waals surface area contributed by atoms with E-state index in [0.29, 0.717) is 5.56 Å². The third kappa shape index (κ3) is 3.49. The van der Waals surface area contributed by atoms with Crippen LogP contribution in [-0.4, -0.2) is 18.3 Å². The molecule has 0 aromatic heterocycles. The van der Waals surface area contributed by atoms with Crippen molar-refractivity contribution < 1.29 is 5.11 Å². The zero-order valence-corrected chi connectivity index (χ0v) is 11.6. The van der Waals surface area contributed by atoms with Gasteiger partial charge >= 0.3 is 0 Å². The second-order valence-electron chi connectivity index (χ2n) is 4.88. The summed E-state index contributed by atoms with van der Waals surface area (Å²) in [6, 6.07) is 14.1. The van der Waals surface area contributed by atoms with E-state index in [9.17, 15) is 0 Å². The van der Waals surface area contributed by atoms with Crippen LogP contribution >= 0.6 is 0 Å². The third-order valence-electron chi connectivity index (χ3n) is 3.44. The fourth-order valence-electron chi connectivity index (χ4n) is 2.36. The number of nitrogens with zero attached hydrogens (tertiary/aromatic N) is 1. The van der Waals surface area contributed by atoms with Crippen LogP contribution in [0, 0.1) is 11.3 Å². The van der Waals surface area contributed by atoms with Gasteiger partial charge in [-0.05, 0) is 25.0 Å². The van der Waals surface area contributed by atoms with Crippen LogP contribution in [0.2, 0.25) is 0 Å². The van der Waals surface area contributed by atoms with Gasteiger partial charge in [0, 0.05) is 29.6 Å². The van der Waals surface area contributed by atoms with Crippen molar-refractivity contribution in [3.05, 3.63) is 42.0 Å². The molecule has 0 saturated carbocycles. The first-order valence-corrected chi connectivity index (χ1v) is 7.13. The smallest absolute Gasteiger partial charge is 0.0998 e. The lowest BCUT2D eigenvalue weighted by atomic mass is 10.0. The Bertz CT molecular complexity index is 601. The van der Waals surface area contributed by atoms with Crippen LogP contribution in [0.5, 0.6) is 0 Å². The van der Waals surface area contributed by atoms with E-state index in [1.165, 1.54) is 0 Å². The van der Waals surface area contributed by atoms with Gasteiger partial charge in [0.2, 0.25) is 0 Å². The Morgan fingerprint density at radius 2 is 1.70 bits per heavy atom. The largest absolute Gasteiger partial charge is 0.396 e. The van der Waals surface area contributed by atoms with Gasteiger partial charge in [-0.3, -0.25) is 0 Å². The zero-order chi connectivity index (χ0) is 14.2. The van der Waals surface area contributed by atoms with E-state index >= 15 is 0 Å². The summed E-state index contributed by atoms with van der Waals surface area (Å²) in [4.78, 5) is 0. The Kier molecular flexibility index (Phi) is 5.40. The highest BCUT2D eigenvalue weighted by Gasteiger charge is 2.04. The van der Waals surface area contributed by atoms with E-state index in [1.54, 1.807) is 0 Å². The summed E-state index contributed by atoms with van der Waals surface area (Å²) in [6.07, 6.45) is 4.18. The fourth-order valence-corrected chi connectivity index (χ4v) is 2.36. The lowest BCUT2D eigenvalue weighted by molar-refractivity contribution is 0.283. The van der Waals surface area contributed by atoms with Crippen molar-refractivity contribution in [2.45, 2.75) is 25.7 Å². The molecule has 104 valence electrons. The number of rotatable bonds is 7. The number of aliphatic hydroxyl groups is 1. The molecule has 0 fully saturated rings. The second-order valence-corrected chi connectivity index (χ2v) is 4.88. The molecule has 0 atom stereocenters. The van der Waals surface area contributed by atoms with Crippen LogP contribution in [0.4, 0.5) is 5.69 Å². The standard InChI is InChI=1S/C17H20N2O/c18-13-14-9-10-17(16-8-4-3-7-15(14)16)19-11-5-1-2-6-12-20/h3-4,7-10,19-20H,1-2,5-6,11-12H2. The van der Waals surface area contributed by atoms with E-state index in [1.807, 2.05) is 36.4 Å². The highest BCUT2D eigenvalue weighted by Crippen LogP contribution is 2.26. The predicted molar refractivity (Wildman–Crippen MR) is 82.7 cm³/mol. The van der Waals surface area contributed by atoms with Gasteiger partial charge in [-0.2, -0.15) is 5.26 Å². The molecule has 0 bridgehead atoms. The van der Waals surface area contributed by atoms with E-state index in [4.69, 9.17) is 10.4 Å². The van der Waals surface area contributed by atoms with Gasteiger partial charge in [0.15, 0.2) is 0 Å². The molecule has 2 rings (SSSR count). The molecule has 3 heteroatoms. The SMILES string of the molecule is N#Cc1ccc(NCCCCCCO)c2ccccc12. The van der Waals surface area contributed by atoms with Crippen LogP contribution in [0.25, 0.3) is 10.8 Å². The van der Waals surface area contributed by atoms with Gasteiger partial charge < -0.3 is 10.4 Å². The van der Waals surface area contributed by atoms with Crippen LogP contribution < -0.4 is 5.32 Å². The van der Waals surface area contributed by atoms with E-state index in [2.05, 4.69) is 11.4 Å². The molecule has 0 radical (unpaired) electrons. The molecular weight excluding hydrogens is 248 g/mol. The average molecular weight is 268 g/mol. The molecule has 0 unspecified atom stereocenters. The Labute approximate surface area is 119 Å². The number of hydrogen-bond donors (Lipinski definition) is 2. The minimum absolute atomic E-state index is 0.285. The summed E-state index contributed by atoms with van der Waals surface area (Å²) in [7, 11) is 0. The number of unbranched alkanes of at least 4 members (excludes halogenated alkanes) is 3. The Morgan fingerprint density at radius 1 is 0.950 bits per heavy atom. The molecule has 0 aliphatic carbocycles. The molecule has 2 N–H and O–H groups in total. The second kappa shape index (κ2) is 7.52. The lowest BCUT2D eigenvalue weighted by Crippen LogP contribution is -2.02. The van der Waals surface area contributed by atoms with Crippen molar-refractivity contribution in [1.29, 1.82) is 5.26 Å². The normalized spacial score (nSPS) is 10.4. The summed E-state index contributed by atoms with van der Waals surface area (Å²) < 4.78 is 0. The number of nitriles is 1. The van der Waals surface area contributed by atoms with Gasteiger partial charge in [0.05, 0.1) is 11.6 Å². The van der Waals surface area contributed by atoms with Gasteiger partial charge in [0.25, 0.3) is 0 Å². The molecule has 0 heterocycles. The molecule has 20 heavy (non-hydrogen) atoms. The van der Waals surface area contributed by atoms with Crippen LogP contribution in [0.15, 0.2) is 36.4 Å². The van der Waals surface area contributed by atoms with Crippen molar-refractivity contribution in [3.63, 3.8) is 0 Å². The highest BCUT2D eigenvalue weighted by atomic mass is 16.2. The first-order valence-electron chi connectivity index (χ1n) is 7.13. The van der Waals surface area contributed by atoms with E-state index < -0.39 is 0 Å². The quantitative estimate of drug-likeness (QED) is 0.753. The third-order valence-corrected chi connectivity index (χ3v) is 3.44. The highest BCUT2D eigenvalue weighted by molar-refractivity contribution is 5.97. The average Bonchev–Trinajstić information content (AvgIpc) is 2.50. The summed E-state index contributed by atoms with van der Waals surface area (Å²) >= 11 is 0. The fraction of sp³-hybridized carbons (Fsp3) is 0.353. The van der Waals surface area contributed by atoms with Crippen molar-refractivity contribution in [1.82, 2.24) is 0 Å². The van der Waals surface area contributed by atoms with Crippen molar-refractivity contribution >= 4 is 16.5 Å².